The maximum Gasteiger partial charge on any atom is 0.410 e. The van der Waals surface area contributed by atoms with Crippen LogP contribution >= 0.6 is 15.9 Å². The van der Waals surface area contributed by atoms with E-state index in [-0.39, 0.29) is 11.7 Å². The molecule has 0 radical (unpaired) electrons. The van der Waals surface area contributed by atoms with E-state index in [1.165, 1.54) is 0 Å². The Morgan fingerprint density at radius 2 is 2.05 bits per heavy atom. The summed E-state index contributed by atoms with van der Waals surface area (Å²) in [6.45, 7) is 12.0. The molecule has 1 rings (SSSR count). The number of hydrogen-bond acceptors (Lipinski definition) is 3. The first-order chi connectivity index (χ1) is 9.17. The van der Waals surface area contributed by atoms with Gasteiger partial charge in [-0.2, -0.15) is 0 Å². The van der Waals surface area contributed by atoms with E-state index >= 15 is 0 Å². The Morgan fingerprint density at radius 3 is 2.55 bits per heavy atom. The summed E-state index contributed by atoms with van der Waals surface area (Å²) in [5.41, 5.74) is -0.732. The Bertz CT molecular complexity index is 328. The fourth-order valence-electron chi connectivity index (χ4n) is 2.19. The second kappa shape index (κ2) is 7.12. The second-order valence-electron chi connectivity index (χ2n) is 7.03. The van der Waals surface area contributed by atoms with E-state index in [4.69, 9.17) is 9.47 Å². The van der Waals surface area contributed by atoms with Gasteiger partial charge in [-0.1, -0.05) is 29.8 Å². The van der Waals surface area contributed by atoms with Crippen molar-refractivity contribution < 1.29 is 14.3 Å². The molecule has 0 spiro atoms. The highest BCUT2D eigenvalue weighted by Crippen LogP contribution is 2.29. The molecule has 0 bridgehead atoms. The molecular weight excluding hydrogens is 322 g/mol. The van der Waals surface area contributed by atoms with Crippen LogP contribution in [0.1, 0.15) is 47.5 Å². The van der Waals surface area contributed by atoms with Crippen LogP contribution in [0, 0.1) is 5.92 Å². The van der Waals surface area contributed by atoms with Gasteiger partial charge in [-0.25, -0.2) is 4.79 Å². The van der Waals surface area contributed by atoms with Gasteiger partial charge in [0.2, 0.25) is 0 Å². The lowest BCUT2D eigenvalue weighted by Crippen LogP contribution is -2.54. The van der Waals surface area contributed by atoms with Crippen molar-refractivity contribution in [2.45, 2.75) is 58.7 Å². The fourth-order valence-corrected chi connectivity index (χ4v) is 2.81. The largest absolute Gasteiger partial charge is 0.444 e. The van der Waals surface area contributed by atoms with Crippen LogP contribution in [-0.4, -0.2) is 47.2 Å². The van der Waals surface area contributed by atoms with Crippen molar-refractivity contribution in [1.29, 1.82) is 0 Å². The normalized spacial score (nSPS) is 24.1. The number of alkyl halides is 1. The molecule has 4 nitrogen and oxygen atoms in total. The average Bonchev–Trinajstić information content (AvgIpc) is 2.34. The number of rotatable bonds is 4. The standard InChI is InChI=1S/C15H28BrNO3/c1-12(2)9-19-15(10-16)7-6-8-17(11-15)13(18)20-14(3,4)5/h12H,6-11H2,1-5H3. The maximum atomic E-state index is 12.2. The second-order valence-corrected chi connectivity index (χ2v) is 7.59. The Morgan fingerprint density at radius 1 is 1.40 bits per heavy atom. The predicted octanol–water partition coefficient (Wildman–Crippen LogP) is 3.82. The zero-order chi connectivity index (χ0) is 15.4. The first kappa shape index (κ1) is 17.8. The minimum atomic E-state index is -0.454. The zero-order valence-electron chi connectivity index (χ0n) is 13.4. The third-order valence-corrected chi connectivity index (χ3v) is 4.18. The van der Waals surface area contributed by atoms with Crippen LogP contribution < -0.4 is 0 Å². The van der Waals surface area contributed by atoms with Gasteiger partial charge in [-0.15, -0.1) is 0 Å². The van der Waals surface area contributed by atoms with Crippen molar-refractivity contribution in [1.82, 2.24) is 4.90 Å². The summed E-state index contributed by atoms with van der Waals surface area (Å²) in [5.74, 6) is 0.489. The van der Waals surface area contributed by atoms with E-state index in [1.54, 1.807) is 4.90 Å². The van der Waals surface area contributed by atoms with Crippen LogP contribution in [-0.2, 0) is 9.47 Å². The van der Waals surface area contributed by atoms with Gasteiger partial charge in [0, 0.05) is 18.5 Å². The summed E-state index contributed by atoms with van der Waals surface area (Å²) in [5, 5.41) is 0.742. The minimum absolute atomic E-state index is 0.240. The van der Waals surface area contributed by atoms with Crippen LogP contribution in [0.4, 0.5) is 4.79 Å². The first-order valence-electron chi connectivity index (χ1n) is 7.35. The third-order valence-electron chi connectivity index (χ3n) is 3.16. The molecule has 1 aliphatic rings. The number of ether oxygens (including phenoxy) is 2. The topological polar surface area (TPSA) is 38.8 Å². The van der Waals surface area contributed by atoms with Crippen molar-refractivity contribution in [3.8, 4) is 0 Å². The number of nitrogens with zero attached hydrogens (tertiary/aromatic N) is 1. The Kier molecular flexibility index (Phi) is 6.32. The minimum Gasteiger partial charge on any atom is -0.444 e. The van der Waals surface area contributed by atoms with Gasteiger partial charge < -0.3 is 14.4 Å². The van der Waals surface area contributed by atoms with Gasteiger partial charge in [0.25, 0.3) is 0 Å². The molecule has 0 saturated carbocycles. The molecule has 1 aliphatic heterocycles. The Labute approximate surface area is 131 Å². The molecule has 5 heteroatoms. The summed E-state index contributed by atoms with van der Waals surface area (Å²) in [7, 11) is 0. The highest BCUT2D eigenvalue weighted by molar-refractivity contribution is 9.09. The molecule has 1 atom stereocenters. The highest BCUT2D eigenvalue weighted by Gasteiger charge is 2.38. The maximum absolute atomic E-state index is 12.2. The van der Waals surface area contributed by atoms with Crippen LogP contribution in [0.2, 0.25) is 0 Å². The summed E-state index contributed by atoms with van der Waals surface area (Å²) >= 11 is 3.55. The molecule has 20 heavy (non-hydrogen) atoms. The monoisotopic (exact) mass is 349 g/mol. The van der Waals surface area contributed by atoms with Crippen molar-refractivity contribution in [2.75, 3.05) is 25.0 Å². The van der Waals surface area contributed by atoms with Gasteiger partial charge >= 0.3 is 6.09 Å². The van der Waals surface area contributed by atoms with Gasteiger partial charge in [0.15, 0.2) is 0 Å². The molecule has 1 amide bonds. The molecule has 0 aromatic carbocycles. The molecule has 1 heterocycles. The molecule has 0 aromatic heterocycles. The number of piperidine rings is 1. The molecular formula is C15H28BrNO3. The number of carbonyl (C=O) groups excluding carboxylic acids is 1. The summed E-state index contributed by atoms with van der Waals surface area (Å²) in [4.78, 5) is 14.0. The van der Waals surface area contributed by atoms with Crippen LogP contribution in [0.25, 0.3) is 0 Å². The number of likely N-dealkylation sites (tertiary alicyclic amines) is 1. The summed E-state index contributed by atoms with van der Waals surface area (Å²) in [6, 6.07) is 0. The van der Waals surface area contributed by atoms with E-state index < -0.39 is 5.60 Å². The highest BCUT2D eigenvalue weighted by atomic mass is 79.9. The SMILES string of the molecule is CC(C)COC1(CBr)CCCN(C(=O)OC(C)(C)C)C1. The predicted molar refractivity (Wildman–Crippen MR) is 84.4 cm³/mol. The van der Waals surface area contributed by atoms with Gasteiger partial charge in [0.05, 0.1) is 12.1 Å². The molecule has 0 N–H and O–H groups in total. The van der Waals surface area contributed by atoms with Crippen LogP contribution in [0.3, 0.4) is 0 Å². The first-order valence-corrected chi connectivity index (χ1v) is 8.47. The van der Waals surface area contributed by atoms with Crippen LogP contribution in [0.15, 0.2) is 0 Å². The van der Waals surface area contributed by atoms with E-state index in [9.17, 15) is 4.79 Å². The van der Waals surface area contributed by atoms with Crippen molar-refractivity contribution >= 4 is 22.0 Å². The smallest absolute Gasteiger partial charge is 0.410 e. The Hall–Kier alpha value is -0.290. The number of amides is 1. The van der Waals surface area contributed by atoms with E-state index in [0.717, 1.165) is 24.7 Å². The molecule has 1 fully saturated rings. The average molecular weight is 350 g/mol. The quantitative estimate of drug-likeness (QED) is 0.724. The molecule has 0 aliphatic carbocycles. The van der Waals surface area contributed by atoms with Gasteiger partial charge in [-0.3, -0.25) is 0 Å². The third kappa shape index (κ3) is 5.60. The number of halogens is 1. The summed E-state index contributed by atoms with van der Waals surface area (Å²) < 4.78 is 11.6. The van der Waals surface area contributed by atoms with Crippen molar-refractivity contribution in [3.05, 3.63) is 0 Å². The van der Waals surface area contributed by atoms with Crippen LogP contribution in [0.5, 0.6) is 0 Å². The lowest BCUT2D eigenvalue weighted by Gasteiger charge is -2.42. The molecule has 0 aromatic rings. The molecule has 118 valence electrons. The van der Waals surface area contributed by atoms with E-state index in [2.05, 4.69) is 29.8 Å². The molecule has 1 saturated heterocycles. The van der Waals surface area contributed by atoms with E-state index in [1.807, 2.05) is 20.8 Å². The lowest BCUT2D eigenvalue weighted by atomic mass is 9.94. The fraction of sp³-hybridized carbons (Fsp3) is 0.933. The van der Waals surface area contributed by atoms with Crippen molar-refractivity contribution in [2.24, 2.45) is 5.92 Å². The lowest BCUT2D eigenvalue weighted by molar-refractivity contribution is -0.0835. The Balaban J connectivity index is 2.65. The van der Waals surface area contributed by atoms with Gasteiger partial charge in [0.1, 0.15) is 5.60 Å². The summed E-state index contributed by atoms with van der Waals surface area (Å²) in [6.07, 6.45) is 1.68. The molecule has 1 unspecified atom stereocenters. The number of carbonyl (C=O) groups is 1. The van der Waals surface area contributed by atoms with E-state index in [0.29, 0.717) is 19.1 Å². The van der Waals surface area contributed by atoms with Gasteiger partial charge in [-0.05, 0) is 39.5 Å². The number of hydrogen-bond donors (Lipinski definition) is 0. The van der Waals surface area contributed by atoms with Crippen molar-refractivity contribution in [3.63, 3.8) is 0 Å². The zero-order valence-corrected chi connectivity index (χ0v) is 15.0.